The van der Waals surface area contributed by atoms with Crippen LogP contribution in [-0.2, 0) is 14.8 Å². The monoisotopic (exact) mass is 434 g/mol. The molecule has 0 spiro atoms. The van der Waals surface area contributed by atoms with E-state index >= 15 is 0 Å². The van der Waals surface area contributed by atoms with Crippen molar-refractivity contribution in [3.05, 3.63) is 53.5 Å². The average molecular weight is 434 g/mol. The molecule has 1 unspecified atom stereocenters. The summed E-state index contributed by atoms with van der Waals surface area (Å²) in [6.07, 6.45) is 1.15. The first-order valence-electron chi connectivity index (χ1n) is 9.48. The SMILES string of the molecule is CNS(=O)(=O)c1ccc(F)c(C(=O)N2CCCC(C(=O)Nc3cccc(C)n3)C2)c1. The fraction of sp³-hybridized carbons (Fsp3) is 0.350. The molecule has 1 fully saturated rings. The minimum Gasteiger partial charge on any atom is -0.338 e. The second-order valence-electron chi connectivity index (χ2n) is 7.09. The maximum absolute atomic E-state index is 14.3. The molecule has 1 atom stereocenters. The third kappa shape index (κ3) is 4.82. The second kappa shape index (κ2) is 8.88. The van der Waals surface area contributed by atoms with Crippen molar-refractivity contribution in [1.82, 2.24) is 14.6 Å². The van der Waals surface area contributed by atoms with Crippen LogP contribution in [0.4, 0.5) is 10.2 Å². The summed E-state index contributed by atoms with van der Waals surface area (Å²) in [6, 6.07) is 8.34. The molecule has 10 heteroatoms. The number of carbonyl (C=O) groups excluding carboxylic acids is 2. The highest BCUT2D eigenvalue weighted by Gasteiger charge is 2.30. The molecule has 2 amide bonds. The topological polar surface area (TPSA) is 108 Å². The molecule has 1 saturated heterocycles. The number of rotatable bonds is 5. The standard InChI is InChI=1S/C20H23FN4O4S/c1-13-5-3-7-18(23-13)24-19(26)14-6-4-10-25(12-14)20(27)16-11-15(8-9-17(16)21)30(28,29)22-2/h3,5,7-9,11,14,22H,4,6,10,12H2,1-2H3,(H,23,24,26). The molecular formula is C20H23FN4O4S. The number of nitrogens with zero attached hydrogens (tertiary/aromatic N) is 2. The Morgan fingerprint density at radius 2 is 2.00 bits per heavy atom. The molecule has 0 aliphatic carbocycles. The molecule has 2 aromatic rings. The van der Waals surface area contributed by atoms with E-state index < -0.39 is 27.7 Å². The number of carbonyl (C=O) groups is 2. The third-order valence-electron chi connectivity index (χ3n) is 4.97. The molecule has 0 saturated carbocycles. The highest BCUT2D eigenvalue weighted by Crippen LogP contribution is 2.23. The number of pyridine rings is 1. The molecule has 2 heterocycles. The van der Waals surface area contributed by atoms with Gasteiger partial charge >= 0.3 is 0 Å². The number of amides is 2. The van der Waals surface area contributed by atoms with Crippen LogP contribution in [0.3, 0.4) is 0 Å². The number of benzene rings is 1. The number of hydrogen-bond donors (Lipinski definition) is 2. The third-order valence-corrected chi connectivity index (χ3v) is 6.38. The van der Waals surface area contributed by atoms with Crippen LogP contribution >= 0.6 is 0 Å². The van der Waals surface area contributed by atoms with E-state index in [4.69, 9.17) is 0 Å². The van der Waals surface area contributed by atoms with Crippen LogP contribution in [0.15, 0.2) is 41.3 Å². The number of aryl methyl sites for hydroxylation is 1. The van der Waals surface area contributed by atoms with Crippen LogP contribution < -0.4 is 10.0 Å². The van der Waals surface area contributed by atoms with Gasteiger partial charge in [-0.15, -0.1) is 0 Å². The largest absolute Gasteiger partial charge is 0.338 e. The van der Waals surface area contributed by atoms with Crippen LogP contribution in [0.2, 0.25) is 0 Å². The highest BCUT2D eigenvalue weighted by atomic mass is 32.2. The molecule has 0 bridgehead atoms. The summed E-state index contributed by atoms with van der Waals surface area (Å²) < 4.78 is 40.4. The van der Waals surface area contributed by atoms with Gasteiger partial charge < -0.3 is 10.2 Å². The van der Waals surface area contributed by atoms with Crippen LogP contribution in [0, 0.1) is 18.7 Å². The molecule has 2 N–H and O–H groups in total. The Labute approximate surface area is 174 Å². The lowest BCUT2D eigenvalue weighted by atomic mass is 9.96. The van der Waals surface area contributed by atoms with Crippen molar-refractivity contribution in [2.75, 3.05) is 25.5 Å². The van der Waals surface area contributed by atoms with Gasteiger partial charge in [0.25, 0.3) is 5.91 Å². The number of likely N-dealkylation sites (tertiary alicyclic amines) is 1. The average Bonchev–Trinajstić information content (AvgIpc) is 2.73. The van der Waals surface area contributed by atoms with E-state index in [1.165, 1.54) is 11.9 Å². The van der Waals surface area contributed by atoms with Crippen LogP contribution in [-0.4, -0.2) is 50.3 Å². The zero-order valence-corrected chi connectivity index (χ0v) is 17.5. The molecule has 160 valence electrons. The van der Waals surface area contributed by atoms with Crippen molar-refractivity contribution in [2.45, 2.75) is 24.7 Å². The van der Waals surface area contributed by atoms with E-state index in [0.29, 0.717) is 25.2 Å². The van der Waals surface area contributed by atoms with Gasteiger partial charge in [-0.25, -0.2) is 22.5 Å². The summed E-state index contributed by atoms with van der Waals surface area (Å²) in [5, 5.41) is 2.75. The molecule has 1 aromatic carbocycles. The smallest absolute Gasteiger partial charge is 0.256 e. The Morgan fingerprint density at radius 3 is 2.70 bits per heavy atom. The lowest BCUT2D eigenvalue weighted by Crippen LogP contribution is -2.44. The number of nitrogens with one attached hydrogen (secondary N) is 2. The van der Waals surface area contributed by atoms with E-state index in [-0.39, 0.29) is 22.9 Å². The summed E-state index contributed by atoms with van der Waals surface area (Å²) in [4.78, 5) is 30.9. The minimum absolute atomic E-state index is 0.110. The van der Waals surface area contributed by atoms with Gasteiger partial charge in [0.1, 0.15) is 11.6 Å². The summed E-state index contributed by atoms with van der Waals surface area (Å²) in [5.41, 5.74) is 0.424. The Kier molecular flexibility index (Phi) is 6.47. The number of anilines is 1. The highest BCUT2D eigenvalue weighted by molar-refractivity contribution is 7.89. The summed E-state index contributed by atoms with van der Waals surface area (Å²) >= 11 is 0. The van der Waals surface area contributed by atoms with Crippen molar-refractivity contribution >= 4 is 27.7 Å². The number of aromatic nitrogens is 1. The van der Waals surface area contributed by atoms with Gasteiger partial charge in [-0.05, 0) is 57.1 Å². The maximum atomic E-state index is 14.3. The zero-order chi connectivity index (χ0) is 21.9. The number of halogens is 1. The minimum atomic E-state index is -3.82. The fourth-order valence-electron chi connectivity index (χ4n) is 3.34. The van der Waals surface area contributed by atoms with Gasteiger partial charge in [-0.1, -0.05) is 6.07 Å². The Morgan fingerprint density at radius 1 is 1.23 bits per heavy atom. The summed E-state index contributed by atoms with van der Waals surface area (Å²) in [7, 11) is -2.59. The van der Waals surface area contributed by atoms with Crippen molar-refractivity contribution in [3.8, 4) is 0 Å². The lowest BCUT2D eigenvalue weighted by molar-refractivity contribution is -0.121. The quantitative estimate of drug-likeness (QED) is 0.748. The normalized spacial score (nSPS) is 16.9. The van der Waals surface area contributed by atoms with Gasteiger partial charge in [0, 0.05) is 18.8 Å². The van der Waals surface area contributed by atoms with Gasteiger partial charge in [0.15, 0.2) is 0 Å². The molecule has 30 heavy (non-hydrogen) atoms. The van der Waals surface area contributed by atoms with Gasteiger partial charge in [-0.3, -0.25) is 9.59 Å². The fourth-order valence-corrected chi connectivity index (χ4v) is 4.10. The Hall–Kier alpha value is -2.85. The van der Waals surface area contributed by atoms with Gasteiger partial charge in [0.2, 0.25) is 15.9 Å². The van der Waals surface area contributed by atoms with Crippen molar-refractivity contribution in [2.24, 2.45) is 5.92 Å². The molecule has 0 radical (unpaired) electrons. The van der Waals surface area contributed by atoms with Gasteiger partial charge in [0.05, 0.1) is 16.4 Å². The second-order valence-corrected chi connectivity index (χ2v) is 8.98. The van der Waals surface area contributed by atoms with E-state index in [1.807, 2.05) is 13.0 Å². The first-order valence-corrected chi connectivity index (χ1v) is 11.0. The first-order chi connectivity index (χ1) is 14.2. The van der Waals surface area contributed by atoms with Crippen molar-refractivity contribution in [1.29, 1.82) is 0 Å². The van der Waals surface area contributed by atoms with E-state index in [0.717, 1.165) is 23.9 Å². The predicted octanol–water partition coefficient (Wildman–Crippen LogP) is 1.93. The Bertz CT molecular complexity index is 1070. The number of piperidine rings is 1. The molecule has 1 aromatic heterocycles. The summed E-state index contributed by atoms with van der Waals surface area (Å²) in [6.45, 7) is 2.28. The lowest BCUT2D eigenvalue weighted by Gasteiger charge is -2.32. The Balaban J connectivity index is 1.76. The predicted molar refractivity (Wildman–Crippen MR) is 109 cm³/mol. The van der Waals surface area contributed by atoms with E-state index in [1.54, 1.807) is 12.1 Å². The number of hydrogen-bond acceptors (Lipinski definition) is 5. The van der Waals surface area contributed by atoms with E-state index in [2.05, 4.69) is 15.0 Å². The molecule has 3 rings (SSSR count). The van der Waals surface area contributed by atoms with E-state index in [9.17, 15) is 22.4 Å². The van der Waals surface area contributed by atoms with Crippen molar-refractivity contribution < 1.29 is 22.4 Å². The molecule has 1 aliphatic heterocycles. The molecule has 1 aliphatic rings. The molecular weight excluding hydrogens is 411 g/mol. The van der Waals surface area contributed by atoms with Crippen LogP contribution in [0.5, 0.6) is 0 Å². The van der Waals surface area contributed by atoms with Crippen LogP contribution in [0.1, 0.15) is 28.9 Å². The number of sulfonamides is 1. The van der Waals surface area contributed by atoms with Gasteiger partial charge in [-0.2, -0.15) is 0 Å². The van der Waals surface area contributed by atoms with Crippen molar-refractivity contribution in [3.63, 3.8) is 0 Å². The zero-order valence-electron chi connectivity index (χ0n) is 16.7. The maximum Gasteiger partial charge on any atom is 0.256 e. The first kappa shape index (κ1) is 21.8. The van der Waals surface area contributed by atoms with Crippen LogP contribution in [0.25, 0.3) is 0 Å². The summed E-state index contributed by atoms with van der Waals surface area (Å²) in [5.74, 6) is -1.77. The molecule has 8 nitrogen and oxygen atoms in total.